The number of anilines is 2. The number of rotatable bonds is 2. The Bertz CT molecular complexity index is 551. The minimum absolute atomic E-state index is 0.0223. The van der Waals surface area contributed by atoms with Gasteiger partial charge in [-0.25, -0.2) is 0 Å². The monoisotopic (exact) mass is 355 g/mol. The Hall–Kier alpha value is -0.720. The van der Waals surface area contributed by atoms with E-state index in [2.05, 4.69) is 50.5 Å². The van der Waals surface area contributed by atoms with Crippen LogP contribution in [0, 0.1) is 0 Å². The number of amides is 1. The minimum Gasteiger partial charge on any atom is -0.369 e. The summed E-state index contributed by atoms with van der Waals surface area (Å²) in [7, 11) is 1.81. The molecule has 1 aromatic rings. The maximum Gasteiger partial charge on any atom is 0.246 e. The normalized spacial score (nSPS) is 25.6. The Morgan fingerprint density at radius 2 is 2.30 bits per heavy atom. The Balaban J connectivity index is 1.95. The predicted octanol–water partition coefficient (Wildman–Crippen LogP) is 2.60. The first-order valence-corrected chi connectivity index (χ1v) is 8.62. The fourth-order valence-electron chi connectivity index (χ4n) is 2.84. The van der Waals surface area contributed by atoms with Crippen molar-refractivity contribution < 1.29 is 4.79 Å². The number of fused-ring (bicyclic) bond motifs is 1. The van der Waals surface area contributed by atoms with Crippen LogP contribution in [-0.2, 0) is 4.79 Å². The van der Waals surface area contributed by atoms with Crippen LogP contribution in [0.25, 0.3) is 0 Å². The second-order valence-corrected chi connectivity index (χ2v) is 7.63. The molecule has 4 nitrogen and oxygen atoms in total. The van der Waals surface area contributed by atoms with Crippen molar-refractivity contribution in [2.75, 3.05) is 36.1 Å². The van der Waals surface area contributed by atoms with Gasteiger partial charge in [0.25, 0.3) is 0 Å². The van der Waals surface area contributed by atoms with Crippen molar-refractivity contribution in [3.63, 3.8) is 0 Å². The lowest BCUT2D eigenvalue weighted by Crippen LogP contribution is -2.36. The number of nitrogens with one attached hydrogen (secondary N) is 2. The summed E-state index contributed by atoms with van der Waals surface area (Å²) in [6, 6.07) is 3.92. The van der Waals surface area contributed by atoms with Crippen LogP contribution in [-0.4, -0.2) is 37.0 Å². The van der Waals surface area contributed by atoms with Gasteiger partial charge < -0.3 is 15.5 Å². The highest BCUT2D eigenvalue weighted by Gasteiger charge is 2.31. The number of hydrogen-bond acceptors (Lipinski definition) is 4. The van der Waals surface area contributed by atoms with Gasteiger partial charge in [-0.05, 0) is 35.1 Å². The van der Waals surface area contributed by atoms with E-state index < -0.39 is 0 Å². The molecule has 1 fully saturated rings. The van der Waals surface area contributed by atoms with Crippen LogP contribution in [0.5, 0.6) is 0 Å². The van der Waals surface area contributed by atoms with E-state index in [-0.39, 0.29) is 11.9 Å². The van der Waals surface area contributed by atoms with E-state index in [0.717, 1.165) is 34.6 Å². The molecule has 0 spiro atoms. The Labute approximate surface area is 131 Å². The van der Waals surface area contributed by atoms with E-state index in [0.29, 0.717) is 5.25 Å². The summed E-state index contributed by atoms with van der Waals surface area (Å²) in [6.07, 6.45) is 0. The number of carbonyl (C=O) groups is 1. The van der Waals surface area contributed by atoms with E-state index in [1.165, 1.54) is 5.69 Å². The molecule has 2 heterocycles. The Morgan fingerprint density at radius 1 is 1.50 bits per heavy atom. The van der Waals surface area contributed by atoms with Crippen LogP contribution >= 0.6 is 27.7 Å². The molecular weight excluding hydrogens is 338 g/mol. The molecule has 2 atom stereocenters. The molecular formula is C14H18BrN3OS. The molecule has 2 aliphatic rings. The lowest BCUT2D eigenvalue weighted by molar-refractivity contribution is -0.117. The average Bonchev–Trinajstić information content (AvgIpc) is 2.72. The van der Waals surface area contributed by atoms with Gasteiger partial charge in [-0.2, -0.15) is 11.8 Å². The van der Waals surface area contributed by atoms with Crippen molar-refractivity contribution >= 4 is 45.0 Å². The summed E-state index contributed by atoms with van der Waals surface area (Å²) in [4.78, 5) is 14.3. The maximum absolute atomic E-state index is 11.9. The number of thioether (sulfide) groups is 1. The third-order valence-corrected chi connectivity index (χ3v) is 5.59. The predicted molar refractivity (Wildman–Crippen MR) is 88.7 cm³/mol. The lowest BCUT2D eigenvalue weighted by atomic mass is 10.1. The fourth-order valence-corrected chi connectivity index (χ4v) is 4.46. The van der Waals surface area contributed by atoms with Gasteiger partial charge in [0, 0.05) is 39.8 Å². The summed E-state index contributed by atoms with van der Waals surface area (Å²) >= 11 is 5.68. The lowest BCUT2D eigenvalue weighted by Gasteiger charge is -2.33. The topological polar surface area (TPSA) is 44.4 Å². The second kappa shape index (κ2) is 5.58. The summed E-state index contributed by atoms with van der Waals surface area (Å²) in [5, 5.41) is 6.66. The number of benzene rings is 1. The fraction of sp³-hybridized carbons (Fsp3) is 0.500. The number of likely N-dealkylation sites (N-methyl/N-ethyl adjacent to an activating group) is 1. The van der Waals surface area contributed by atoms with E-state index in [1.807, 2.05) is 18.8 Å². The van der Waals surface area contributed by atoms with Crippen LogP contribution in [0.3, 0.4) is 0 Å². The average molecular weight is 356 g/mol. The molecule has 0 radical (unpaired) electrons. The Kier molecular flexibility index (Phi) is 3.97. The summed E-state index contributed by atoms with van der Waals surface area (Å²) < 4.78 is 1.06. The van der Waals surface area contributed by atoms with Gasteiger partial charge in [-0.15, -0.1) is 0 Å². The molecule has 6 heteroatoms. The van der Waals surface area contributed by atoms with Gasteiger partial charge >= 0.3 is 0 Å². The molecule has 2 aliphatic heterocycles. The van der Waals surface area contributed by atoms with Crippen molar-refractivity contribution in [1.82, 2.24) is 5.32 Å². The highest BCUT2D eigenvalue weighted by molar-refractivity contribution is 9.10. The standard InChI is InChI=1S/C14H18BrN3OS/c1-8-7-18(3-4-20-8)12-6-11-9(5-10(12)15)13(16-2)14(19)17-11/h5-6,8,13,16H,3-4,7H2,1-2H3,(H,17,19). The third-order valence-electron chi connectivity index (χ3n) is 3.82. The molecule has 108 valence electrons. The summed E-state index contributed by atoms with van der Waals surface area (Å²) in [6.45, 7) is 4.36. The molecule has 20 heavy (non-hydrogen) atoms. The highest BCUT2D eigenvalue weighted by atomic mass is 79.9. The number of hydrogen-bond donors (Lipinski definition) is 2. The van der Waals surface area contributed by atoms with E-state index in [9.17, 15) is 4.79 Å². The molecule has 3 rings (SSSR count). The van der Waals surface area contributed by atoms with Crippen molar-refractivity contribution in [2.45, 2.75) is 18.2 Å². The zero-order valence-electron chi connectivity index (χ0n) is 11.6. The van der Waals surface area contributed by atoms with Gasteiger partial charge in [0.2, 0.25) is 5.91 Å². The molecule has 1 saturated heterocycles. The smallest absolute Gasteiger partial charge is 0.246 e. The molecule has 2 unspecified atom stereocenters. The Morgan fingerprint density at radius 3 is 3.00 bits per heavy atom. The molecule has 0 bridgehead atoms. The summed E-state index contributed by atoms with van der Waals surface area (Å²) in [5.41, 5.74) is 3.12. The number of carbonyl (C=O) groups excluding carboxylic acids is 1. The van der Waals surface area contributed by atoms with Gasteiger partial charge in [0.1, 0.15) is 6.04 Å². The number of halogens is 1. The first-order chi connectivity index (χ1) is 9.60. The SMILES string of the molecule is CNC1C(=O)Nc2cc(N3CCSC(C)C3)c(Br)cc21. The first kappa shape index (κ1) is 14.2. The second-order valence-electron chi connectivity index (χ2n) is 5.23. The van der Waals surface area contributed by atoms with Crippen LogP contribution in [0.2, 0.25) is 0 Å². The van der Waals surface area contributed by atoms with Crippen molar-refractivity contribution in [1.29, 1.82) is 0 Å². The van der Waals surface area contributed by atoms with Crippen LogP contribution in [0.4, 0.5) is 11.4 Å². The molecule has 1 amide bonds. The van der Waals surface area contributed by atoms with Crippen LogP contribution in [0.15, 0.2) is 16.6 Å². The molecule has 0 aliphatic carbocycles. The van der Waals surface area contributed by atoms with E-state index >= 15 is 0 Å². The third kappa shape index (κ3) is 2.44. The van der Waals surface area contributed by atoms with Crippen LogP contribution in [0.1, 0.15) is 18.5 Å². The van der Waals surface area contributed by atoms with Gasteiger partial charge in [0.15, 0.2) is 0 Å². The zero-order chi connectivity index (χ0) is 14.3. The van der Waals surface area contributed by atoms with E-state index in [4.69, 9.17) is 0 Å². The van der Waals surface area contributed by atoms with Crippen molar-refractivity contribution in [3.05, 3.63) is 22.2 Å². The molecule has 0 aromatic heterocycles. The highest BCUT2D eigenvalue weighted by Crippen LogP contribution is 2.39. The molecule has 0 saturated carbocycles. The summed E-state index contributed by atoms with van der Waals surface area (Å²) in [5.74, 6) is 1.17. The van der Waals surface area contributed by atoms with Crippen LogP contribution < -0.4 is 15.5 Å². The van der Waals surface area contributed by atoms with Gasteiger partial charge in [-0.1, -0.05) is 6.92 Å². The number of nitrogens with zero attached hydrogens (tertiary/aromatic N) is 1. The minimum atomic E-state index is -0.244. The van der Waals surface area contributed by atoms with Crippen molar-refractivity contribution in [2.24, 2.45) is 0 Å². The quantitative estimate of drug-likeness (QED) is 0.855. The van der Waals surface area contributed by atoms with Crippen molar-refractivity contribution in [3.8, 4) is 0 Å². The maximum atomic E-state index is 11.9. The van der Waals surface area contributed by atoms with E-state index in [1.54, 1.807) is 0 Å². The zero-order valence-corrected chi connectivity index (χ0v) is 14.0. The largest absolute Gasteiger partial charge is 0.369 e. The van der Waals surface area contributed by atoms with Gasteiger partial charge in [-0.3, -0.25) is 4.79 Å². The molecule has 2 N–H and O–H groups in total. The molecule has 1 aromatic carbocycles. The van der Waals surface area contributed by atoms with Gasteiger partial charge in [0.05, 0.1) is 5.69 Å². The first-order valence-electron chi connectivity index (χ1n) is 6.78.